The SMILES string of the molecule is O=C1CC/C=C/CCC(=O)OCCCCCCCCCCCCCCO1. The molecule has 0 radical (unpaired) electrons. The summed E-state index contributed by atoms with van der Waals surface area (Å²) in [5, 5.41) is 0. The molecule has 1 aliphatic heterocycles. The summed E-state index contributed by atoms with van der Waals surface area (Å²) in [5.41, 5.74) is 0. The third kappa shape index (κ3) is 15.0. The molecular formula is C22H38O4. The maximum Gasteiger partial charge on any atom is 0.306 e. The minimum atomic E-state index is -0.122. The number of ether oxygens (including phenoxy) is 2. The van der Waals surface area contributed by atoms with Crippen molar-refractivity contribution < 1.29 is 19.1 Å². The van der Waals surface area contributed by atoms with Gasteiger partial charge < -0.3 is 9.47 Å². The van der Waals surface area contributed by atoms with Crippen LogP contribution in [0.4, 0.5) is 0 Å². The van der Waals surface area contributed by atoms with Crippen LogP contribution < -0.4 is 0 Å². The van der Waals surface area contributed by atoms with Gasteiger partial charge in [-0.1, -0.05) is 76.4 Å². The van der Waals surface area contributed by atoms with Crippen molar-refractivity contribution in [1.29, 1.82) is 0 Å². The van der Waals surface area contributed by atoms with E-state index in [1.54, 1.807) is 0 Å². The molecule has 150 valence electrons. The number of rotatable bonds is 0. The fourth-order valence-electron chi connectivity index (χ4n) is 3.13. The number of hydrogen-bond acceptors (Lipinski definition) is 4. The highest BCUT2D eigenvalue weighted by Crippen LogP contribution is 2.12. The molecule has 0 unspecified atom stereocenters. The summed E-state index contributed by atoms with van der Waals surface area (Å²) >= 11 is 0. The lowest BCUT2D eigenvalue weighted by Gasteiger charge is -2.06. The number of cyclic esters (lactones) is 2. The highest BCUT2D eigenvalue weighted by molar-refractivity contribution is 5.70. The molecule has 0 spiro atoms. The van der Waals surface area contributed by atoms with Crippen LogP contribution in [-0.4, -0.2) is 25.2 Å². The molecule has 1 rings (SSSR count). The molecule has 0 saturated carbocycles. The van der Waals surface area contributed by atoms with Gasteiger partial charge in [0, 0.05) is 12.8 Å². The maximum absolute atomic E-state index is 11.6. The van der Waals surface area contributed by atoms with E-state index in [1.165, 1.54) is 51.4 Å². The van der Waals surface area contributed by atoms with Crippen LogP contribution in [0, 0.1) is 0 Å². The fourth-order valence-corrected chi connectivity index (χ4v) is 3.13. The Hall–Kier alpha value is -1.32. The monoisotopic (exact) mass is 366 g/mol. The van der Waals surface area contributed by atoms with Crippen molar-refractivity contribution in [3.05, 3.63) is 12.2 Å². The Kier molecular flexibility index (Phi) is 15.0. The lowest BCUT2D eigenvalue weighted by molar-refractivity contribution is -0.144. The third-order valence-electron chi connectivity index (χ3n) is 4.76. The normalized spacial score (nSPS) is 23.2. The molecule has 0 aromatic carbocycles. The van der Waals surface area contributed by atoms with Crippen molar-refractivity contribution in [3.63, 3.8) is 0 Å². The van der Waals surface area contributed by atoms with E-state index in [0.717, 1.165) is 25.7 Å². The smallest absolute Gasteiger partial charge is 0.306 e. The molecule has 26 heavy (non-hydrogen) atoms. The largest absolute Gasteiger partial charge is 0.466 e. The molecule has 1 heterocycles. The molecule has 0 atom stereocenters. The van der Waals surface area contributed by atoms with Gasteiger partial charge in [0.1, 0.15) is 0 Å². The quantitative estimate of drug-likeness (QED) is 0.396. The van der Waals surface area contributed by atoms with Gasteiger partial charge in [-0.3, -0.25) is 9.59 Å². The molecule has 0 bridgehead atoms. The van der Waals surface area contributed by atoms with Crippen LogP contribution >= 0.6 is 0 Å². The molecule has 0 fully saturated rings. The van der Waals surface area contributed by atoms with Gasteiger partial charge in [-0.15, -0.1) is 0 Å². The minimum absolute atomic E-state index is 0.122. The molecule has 4 heteroatoms. The highest BCUT2D eigenvalue weighted by Gasteiger charge is 2.03. The van der Waals surface area contributed by atoms with E-state index in [-0.39, 0.29) is 11.9 Å². The zero-order chi connectivity index (χ0) is 18.7. The lowest BCUT2D eigenvalue weighted by atomic mass is 10.1. The summed E-state index contributed by atoms with van der Waals surface area (Å²) in [4.78, 5) is 23.2. The van der Waals surface area contributed by atoms with Crippen LogP contribution in [0.5, 0.6) is 0 Å². The minimum Gasteiger partial charge on any atom is -0.466 e. The molecule has 4 nitrogen and oxygen atoms in total. The van der Waals surface area contributed by atoms with E-state index in [0.29, 0.717) is 38.9 Å². The van der Waals surface area contributed by atoms with Crippen LogP contribution in [0.25, 0.3) is 0 Å². The molecule has 0 aliphatic carbocycles. The predicted octanol–water partition coefficient (Wildman–Crippen LogP) is 5.88. The molecule has 0 saturated heterocycles. The van der Waals surface area contributed by atoms with Crippen molar-refractivity contribution in [2.24, 2.45) is 0 Å². The van der Waals surface area contributed by atoms with E-state index in [1.807, 2.05) is 12.2 Å². The second-order valence-corrected chi connectivity index (χ2v) is 7.23. The number of carbonyl (C=O) groups is 2. The topological polar surface area (TPSA) is 52.6 Å². The number of carbonyl (C=O) groups excluding carboxylic acids is 2. The summed E-state index contributed by atoms with van der Waals surface area (Å²) in [7, 11) is 0. The Bertz CT molecular complexity index is 354. The van der Waals surface area contributed by atoms with E-state index >= 15 is 0 Å². The van der Waals surface area contributed by atoms with Crippen molar-refractivity contribution in [3.8, 4) is 0 Å². The van der Waals surface area contributed by atoms with Gasteiger partial charge in [-0.05, 0) is 25.7 Å². The second kappa shape index (κ2) is 17.1. The van der Waals surface area contributed by atoms with Gasteiger partial charge in [0.2, 0.25) is 0 Å². The average molecular weight is 367 g/mol. The molecule has 1 aliphatic rings. The van der Waals surface area contributed by atoms with Gasteiger partial charge >= 0.3 is 11.9 Å². The summed E-state index contributed by atoms with van der Waals surface area (Å²) in [6.07, 6.45) is 20.8. The molecule has 0 aromatic heterocycles. The first kappa shape index (κ1) is 22.7. The van der Waals surface area contributed by atoms with Gasteiger partial charge in [0.15, 0.2) is 0 Å². The standard InChI is InChI=1S/C22H38O4/c23-21-17-13-9-10-14-18-22(24)26-20-16-12-8-6-4-2-1-3-5-7-11-15-19-25-21/h9-10H,1-8,11-20H2/b10-9+. The van der Waals surface area contributed by atoms with Crippen LogP contribution in [0.15, 0.2) is 12.2 Å². The van der Waals surface area contributed by atoms with E-state index in [4.69, 9.17) is 9.47 Å². The van der Waals surface area contributed by atoms with Gasteiger partial charge in [0.05, 0.1) is 13.2 Å². The predicted molar refractivity (Wildman–Crippen MR) is 105 cm³/mol. The molecule has 0 aromatic rings. The first-order chi connectivity index (χ1) is 12.8. The average Bonchev–Trinajstić information content (AvgIpc) is 2.63. The Morgan fingerprint density at radius 2 is 0.808 bits per heavy atom. The molecule has 0 N–H and O–H groups in total. The third-order valence-corrected chi connectivity index (χ3v) is 4.76. The zero-order valence-corrected chi connectivity index (χ0v) is 16.5. The van der Waals surface area contributed by atoms with Crippen molar-refractivity contribution >= 4 is 11.9 Å². The lowest BCUT2D eigenvalue weighted by Crippen LogP contribution is -2.05. The summed E-state index contributed by atoms with van der Waals surface area (Å²) in [5.74, 6) is -0.243. The number of allylic oxidation sites excluding steroid dienone is 2. The van der Waals surface area contributed by atoms with E-state index < -0.39 is 0 Å². The number of esters is 2. The van der Waals surface area contributed by atoms with Crippen molar-refractivity contribution in [2.75, 3.05) is 13.2 Å². The van der Waals surface area contributed by atoms with Crippen LogP contribution in [0.2, 0.25) is 0 Å². The Balaban J connectivity index is 2.21. The second-order valence-electron chi connectivity index (χ2n) is 7.23. The van der Waals surface area contributed by atoms with Crippen molar-refractivity contribution in [2.45, 2.75) is 103 Å². The fraction of sp³-hybridized carbons (Fsp3) is 0.818. The number of hydrogen-bond donors (Lipinski definition) is 0. The van der Waals surface area contributed by atoms with Crippen LogP contribution in [-0.2, 0) is 19.1 Å². The molecular weight excluding hydrogens is 328 g/mol. The van der Waals surface area contributed by atoms with Crippen LogP contribution in [0.3, 0.4) is 0 Å². The Morgan fingerprint density at radius 1 is 0.500 bits per heavy atom. The summed E-state index contributed by atoms with van der Waals surface area (Å²) in [6.45, 7) is 1.10. The van der Waals surface area contributed by atoms with E-state index in [9.17, 15) is 9.59 Å². The van der Waals surface area contributed by atoms with Crippen LogP contribution in [0.1, 0.15) is 103 Å². The van der Waals surface area contributed by atoms with Gasteiger partial charge in [-0.25, -0.2) is 0 Å². The zero-order valence-electron chi connectivity index (χ0n) is 16.5. The Labute approximate surface area is 159 Å². The first-order valence-electron chi connectivity index (χ1n) is 10.8. The highest BCUT2D eigenvalue weighted by atomic mass is 16.5. The summed E-state index contributed by atoms with van der Waals surface area (Å²) < 4.78 is 10.5. The first-order valence-corrected chi connectivity index (χ1v) is 10.8. The van der Waals surface area contributed by atoms with Crippen molar-refractivity contribution in [1.82, 2.24) is 0 Å². The van der Waals surface area contributed by atoms with Gasteiger partial charge in [0.25, 0.3) is 0 Å². The van der Waals surface area contributed by atoms with Gasteiger partial charge in [-0.2, -0.15) is 0 Å². The van der Waals surface area contributed by atoms with E-state index in [2.05, 4.69) is 0 Å². The summed E-state index contributed by atoms with van der Waals surface area (Å²) in [6, 6.07) is 0. The maximum atomic E-state index is 11.6. The molecule has 0 amide bonds. The Morgan fingerprint density at radius 3 is 1.15 bits per heavy atom.